The third-order valence-electron chi connectivity index (χ3n) is 23.5. The van der Waals surface area contributed by atoms with Gasteiger partial charge in [-0.1, -0.05) is 267 Å². The molecule has 10 aromatic heterocycles. The molecule has 112 heavy (non-hydrogen) atoms. The van der Waals surface area contributed by atoms with Crippen LogP contribution in [-0.2, 0) is 0 Å². The molecule has 9 nitrogen and oxygen atoms in total. The number of thiophene rings is 1. The Morgan fingerprint density at radius 2 is 0.652 bits per heavy atom. The molecule has 0 spiro atoms. The molecular formula is C102H58N8OS. The summed E-state index contributed by atoms with van der Waals surface area (Å²) in [5.74, 6) is 1.29. The minimum absolute atomic E-state index is 0.608. The van der Waals surface area contributed by atoms with Crippen LogP contribution in [0.15, 0.2) is 356 Å². The standard InChI is InChI=1S/C52H30N4O.C50H28N4S/c1-3-13-31(14-4-1)33-23-25-34(26-24-33)47-51-48(38-19-9-12-22-45(38)57-51)54-52(53-47)56-42-20-10-7-17-36(42)40-30-41-39-29-35(32-15-5-2-6-16-32)27-28-44(39)55-43-21-11-8-18-37(43)46(49(41)55)50(40)56;1-2-12-29(13-3-1)32-24-25-42-37(27-32)39-28-38-34-16-6-9-19-40(34)54(48(38)44-35-17-7-10-20-41(35)53(42)47(39)44)50-51-45(33-23-22-30-14-4-5-15-31(30)26-33)49-46(52-50)36-18-8-11-21-43(36)55-49/h1-30H;1-28H. The molecule has 518 valence electrons. The van der Waals surface area contributed by atoms with Crippen LogP contribution in [0.2, 0.25) is 0 Å². The van der Waals surface area contributed by atoms with E-state index in [2.05, 4.69) is 346 Å². The fourth-order valence-corrected chi connectivity index (χ4v) is 19.7. The number of fused-ring (bicyclic) bond motifs is 27. The van der Waals surface area contributed by atoms with E-state index in [9.17, 15) is 0 Å². The van der Waals surface area contributed by atoms with Crippen molar-refractivity contribution in [2.45, 2.75) is 0 Å². The zero-order chi connectivity index (χ0) is 73.0. The summed E-state index contributed by atoms with van der Waals surface area (Å²) in [4.78, 5) is 22.0. The molecule has 0 aliphatic carbocycles. The van der Waals surface area contributed by atoms with Crippen molar-refractivity contribution in [3.05, 3.63) is 352 Å². The maximum absolute atomic E-state index is 6.60. The first kappa shape index (κ1) is 61.2. The average molecular weight is 1440 g/mol. The van der Waals surface area contributed by atoms with Gasteiger partial charge in [0.2, 0.25) is 11.9 Å². The lowest BCUT2D eigenvalue weighted by atomic mass is 10.00. The van der Waals surface area contributed by atoms with Crippen LogP contribution >= 0.6 is 11.3 Å². The second kappa shape index (κ2) is 23.3. The molecule has 0 unspecified atom stereocenters. The molecule has 10 heteroatoms. The second-order valence-corrected chi connectivity index (χ2v) is 30.5. The van der Waals surface area contributed by atoms with Crippen molar-refractivity contribution >= 4 is 184 Å². The van der Waals surface area contributed by atoms with E-state index >= 15 is 0 Å². The molecule has 0 N–H and O–H groups in total. The molecule has 16 aromatic carbocycles. The van der Waals surface area contributed by atoms with Crippen LogP contribution in [0.3, 0.4) is 0 Å². The normalized spacial score (nSPS) is 12.3. The Labute approximate surface area is 641 Å². The molecule has 10 heterocycles. The molecule has 26 rings (SSSR count). The Hall–Kier alpha value is -14.8. The Balaban J connectivity index is 0.000000127. The first-order valence-electron chi connectivity index (χ1n) is 38.0. The summed E-state index contributed by atoms with van der Waals surface area (Å²) in [7, 11) is 0. The summed E-state index contributed by atoms with van der Waals surface area (Å²) in [6.07, 6.45) is 0. The predicted molar refractivity (Wildman–Crippen MR) is 467 cm³/mol. The van der Waals surface area contributed by atoms with E-state index in [1.165, 1.54) is 136 Å². The van der Waals surface area contributed by atoms with Crippen molar-refractivity contribution < 1.29 is 4.42 Å². The van der Waals surface area contributed by atoms with Gasteiger partial charge in [0.1, 0.15) is 16.8 Å². The van der Waals surface area contributed by atoms with E-state index in [-0.39, 0.29) is 0 Å². The third kappa shape index (κ3) is 8.71. The molecule has 0 aliphatic heterocycles. The van der Waals surface area contributed by atoms with Gasteiger partial charge in [-0.15, -0.1) is 11.3 Å². The predicted octanol–water partition coefficient (Wildman–Crippen LogP) is 27.2. The van der Waals surface area contributed by atoms with Crippen LogP contribution in [0, 0.1) is 0 Å². The van der Waals surface area contributed by atoms with Gasteiger partial charge in [-0.3, -0.25) is 9.13 Å². The minimum Gasteiger partial charge on any atom is -0.452 e. The van der Waals surface area contributed by atoms with Gasteiger partial charge in [0.15, 0.2) is 5.58 Å². The van der Waals surface area contributed by atoms with Crippen LogP contribution < -0.4 is 0 Å². The lowest BCUT2D eigenvalue weighted by Crippen LogP contribution is -2.03. The molecule has 26 aromatic rings. The van der Waals surface area contributed by atoms with Crippen LogP contribution in [0.1, 0.15) is 0 Å². The number of nitrogens with zero attached hydrogens (tertiary/aromatic N) is 8. The Bertz CT molecular complexity index is 8440. The zero-order valence-electron chi connectivity index (χ0n) is 59.9. The van der Waals surface area contributed by atoms with Gasteiger partial charge in [0.25, 0.3) is 0 Å². The summed E-state index contributed by atoms with van der Waals surface area (Å²) in [5, 5.41) is 19.1. The summed E-state index contributed by atoms with van der Waals surface area (Å²) >= 11 is 1.77. The van der Waals surface area contributed by atoms with Crippen molar-refractivity contribution in [1.29, 1.82) is 0 Å². The van der Waals surface area contributed by atoms with Gasteiger partial charge in [0.05, 0.1) is 71.1 Å². The lowest BCUT2D eigenvalue weighted by molar-refractivity contribution is 0.666. The van der Waals surface area contributed by atoms with E-state index < -0.39 is 0 Å². The summed E-state index contributed by atoms with van der Waals surface area (Å²) in [6, 6.07) is 126. The Morgan fingerprint density at radius 3 is 1.23 bits per heavy atom. The van der Waals surface area contributed by atoms with Crippen LogP contribution in [0.25, 0.3) is 241 Å². The number of furan rings is 1. The van der Waals surface area contributed by atoms with Crippen LogP contribution in [-0.4, -0.2) is 37.9 Å². The largest absolute Gasteiger partial charge is 0.452 e. The van der Waals surface area contributed by atoms with Crippen molar-refractivity contribution in [1.82, 2.24) is 37.9 Å². The molecule has 0 saturated heterocycles. The lowest BCUT2D eigenvalue weighted by Gasteiger charge is -2.11. The van der Waals surface area contributed by atoms with Gasteiger partial charge in [0, 0.05) is 91.2 Å². The van der Waals surface area contributed by atoms with Gasteiger partial charge in [-0.05, 0) is 129 Å². The van der Waals surface area contributed by atoms with Crippen LogP contribution in [0.4, 0.5) is 0 Å². The SMILES string of the molecule is c1ccc(-c2ccc(-c3nc(-n4c5ccccc5c5cc6c7cc(-c8ccccc8)ccc7n7c8ccccc8c(c54)c67)nc4c3oc3ccccc34)cc2)cc1.c1ccc(-c2ccc3c(c2)c2cc4c5ccccc5n(-c5nc(-c6ccc7ccccc7c6)c6sc7ccccc7c6n5)c4c4c5ccccc5n3c24)cc1. The van der Waals surface area contributed by atoms with E-state index in [1.54, 1.807) is 11.3 Å². The number of aromatic nitrogens is 8. The maximum Gasteiger partial charge on any atom is 0.236 e. The number of hydrogen-bond donors (Lipinski definition) is 0. The quantitative estimate of drug-likeness (QED) is 0.159. The smallest absolute Gasteiger partial charge is 0.236 e. The molecule has 0 radical (unpaired) electrons. The molecule has 0 amide bonds. The topological polar surface area (TPSA) is 83.4 Å². The first-order valence-corrected chi connectivity index (χ1v) is 38.8. The van der Waals surface area contributed by atoms with E-state index in [0.717, 1.165) is 87.6 Å². The molecule has 0 fully saturated rings. The Morgan fingerprint density at radius 1 is 0.241 bits per heavy atom. The van der Waals surface area contributed by atoms with E-state index in [4.69, 9.17) is 24.4 Å². The Kier molecular flexibility index (Phi) is 12.8. The van der Waals surface area contributed by atoms with E-state index in [1.807, 2.05) is 24.3 Å². The van der Waals surface area contributed by atoms with Gasteiger partial charge in [-0.25, -0.2) is 19.9 Å². The number of rotatable bonds is 7. The highest BCUT2D eigenvalue weighted by Gasteiger charge is 2.30. The zero-order valence-corrected chi connectivity index (χ0v) is 60.7. The number of para-hydroxylation sites is 5. The first-order chi connectivity index (χ1) is 55.6. The molecule has 0 aliphatic rings. The second-order valence-electron chi connectivity index (χ2n) is 29.5. The molecule has 0 bridgehead atoms. The highest BCUT2D eigenvalue weighted by Crippen LogP contribution is 2.51. The molecule has 0 atom stereocenters. The minimum atomic E-state index is 0.608. The maximum atomic E-state index is 6.60. The fourth-order valence-electron chi connectivity index (χ4n) is 18.6. The highest BCUT2D eigenvalue weighted by molar-refractivity contribution is 7.26. The van der Waals surface area contributed by atoms with Crippen molar-refractivity contribution in [2.75, 3.05) is 0 Å². The van der Waals surface area contributed by atoms with Crippen molar-refractivity contribution in [2.24, 2.45) is 0 Å². The van der Waals surface area contributed by atoms with Gasteiger partial charge in [-0.2, -0.15) is 0 Å². The third-order valence-corrected chi connectivity index (χ3v) is 24.7. The highest BCUT2D eigenvalue weighted by atomic mass is 32.1. The van der Waals surface area contributed by atoms with E-state index in [0.29, 0.717) is 17.5 Å². The number of benzene rings is 16. The fraction of sp³-hybridized carbons (Fsp3) is 0. The van der Waals surface area contributed by atoms with Gasteiger partial charge < -0.3 is 13.2 Å². The monoisotopic (exact) mass is 1440 g/mol. The van der Waals surface area contributed by atoms with Gasteiger partial charge >= 0.3 is 0 Å². The number of hydrogen-bond acceptors (Lipinski definition) is 6. The molecule has 0 saturated carbocycles. The summed E-state index contributed by atoms with van der Waals surface area (Å²) in [5.41, 5.74) is 25.8. The van der Waals surface area contributed by atoms with Crippen LogP contribution in [0.5, 0.6) is 0 Å². The summed E-state index contributed by atoms with van der Waals surface area (Å²) < 4.78 is 18.5. The van der Waals surface area contributed by atoms with Crippen molar-refractivity contribution in [3.8, 4) is 67.8 Å². The van der Waals surface area contributed by atoms with Crippen molar-refractivity contribution in [3.63, 3.8) is 0 Å². The average Bonchev–Trinajstić information content (AvgIpc) is 1.52. The summed E-state index contributed by atoms with van der Waals surface area (Å²) in [6.45, 7) is 0. The molecular weight excluding hydrogens is 1390 g/mol.